The van der Waals surface area contributed by atoms with Gasteiger partial charge in [-0.15, -0.1) is 0 Å². The van der Waals surface area contributed by atoms with Crippen molar-refractivity contribution in [2.75, 3.05) is 21.3 Å². The second-order valence-electron chi connectivity index (χ2n) is 16.4. The number of hydrogen-bond acceptors (Lipinski definition) is 9. The molecule has 9 nitrogen and oxygen atoms in total. The van der Waals surface area contributed by atoms with Crippen LogP contribution in [0.25, 0.3) is 0 Å². The molecule has 0 saturated carbocycles. The molecule has 0 spiro atoms. The van der Waals surface area contributed by atoms with Crippen LogP contribution in [-0.2, 0) is 0 Å². The Morgan fingerprint density at radius 3 is 0.917 bits per heavy atom. The van der Waals surface area contributed by atoms with Crippen molar-refractivity contribution < 1.29 is 42.8 Å². The van der Waals surface area contributed by atoms with Crippen LogP contribution in [0.5, 0.6) is 51.7 Å². The van der Waals surface area contributed by atoms with E-state index in [9.17, 15) is 14.4 Å². The summed E-state index contributed by atoms with van der Waals surface area (Å²) in [7, 11) is 4.80. The van der Waals surface area contributed by atoms with Crippen molar-refractivity contribution in [3.63, 3.8) is 0 Å². The predicted octanol–water partition coefficient (Wildman–Crippen LogP) is 15.1. The Morgan fingerprint density at radius 2 is 0.583 bits per heavy atom. The minimum atomic E-state index is -0.0282. The molecule has 9 heteroatoms. The van der Waals surface area contributed by atoms with Gasteiger partial charge in [0.25, 0.3) is 0 Å². The second-order valence-corrected chi connectivity index (χ2v) is 16.4. The Balaban J connectivity index is 0.000000158. The second kappa shape index (κ2) is 24.9. The average molecular weight is 955 g/mol. The van der Waals surface area contributed by atoms with Crippen LogP contribution < -0.4 is 28.4 Å². The molecule has 0 aromatic heterocycles. The van der Waals surface area contributed by atoms with Crippen LogP contribution in [0, 0.1) is 20.8 Å². The maximum Gasteiger partial charge on any atom is 0.193 e. The van der Waals surface area contributed by atoms with Crippen molar-refractivity contribution in [2.24, 2.45) is 0 Å². The van der Waals surface area contributed by atoms with Crippen LogP contribution >= 0.6 is 0 Å². The standard InChI is InChI=1S/3C21H18O3/c1-15-3-9-19(10-4-15)24-20-13-7-17(8-14-20)21(22)16-5-11-18(23-2)12-6-16;1-15-4-3-5-20(14-15)24-19-12-8-17(9-13-19)21(22)16-6-10-18(23-2)11-7-16;1-15-5-3-4-6-20(15)24-19-13-9-17(10-14-19)21(22)16-7-11-18(23-2)12-8-16/h3*3-14H,1-2H3. The quantitative estimate of drug-likeness (QED) is 0.0929. The number of methoxy groups -OCH3 is 3. The lowest BCUT2D eigenvalue weighted by molar-refractivity contribution is 0.103. The van der Waals surface area contributed by atoms with E-state index >= 15 is 0 Å². The van der Waals surface area contributed by atoms with Crippen LogP contribution in [0.1, 0.15) is 64.5 Å². The van der Waals surface area contributed by atoms with Crippen molar-refractivity contribution in [1.82, 2.24) is 0 Å². The zero-order valence-corrected chi connectivity index (χ0v) is 41.0. The number of carbonyl (C=O) groups excluding carboxylic acids is 3. The van der Waals surface area contributed by atoms with Crippen LogP contribution in [0.2, 0.25) is 0 Å². The Kier molecular flexibility index (Phi) is 17.5. The molecule has 0 N–H and O–H groups in total. The van der Waals surface area contributed by atoms with Gasteiger partial charge in [-0.2, -0.15) is 0 Å². The fraction of sp³-hybridized carbons (Fsp3) is 0.0952. The number of ketones is 3. The van der Waals surface area contributed by atoms with Crippen molar-refractivity contribution >= 4 is 17.3 Å². The van der Waals surface area contributed by atoms with Gasteiger partial charge >= 0.3 is 0 Å². The molecule has 0 fully saturated rings. The summed E-state index contributed by atoms with van der Waals surface area (Å²) in [6.07, 6.45) is 0. The minimum absolute atomic E-state index is 0.0277. The Hall–Kier alpha value is -9.21. The Labute approximate surface area is 420 Å². The summed E-state index contributed by atoms with van der Waals surface area (Å²) in [5.41, 5.74) is 7.14. The van der Waals surface area contributed by atoms with Crippen molar-refractivity contribution in [3.8, 4) is 51.7 Å². The number of para-hydroxylation sites is 1. The summed E-state index contributed by atoms with van der Waals surface area (Å²) >= 11 is 0. The normalized spacial score (nSPS) is 10.2. The maximum atomic E-state index is 12.5. The third-order valence-corrected chi connectivity index (χ3v) is 11.2. The van der Waals surface area contributed by atoms with E-state index in [1.807, 2.05) is 106 Å². The lowest BCUT2D eigenvalue weighted by Gasteiger charge is -2.09. The molecular formula is C63H54O9. The minimum Gasteiger partial charge on any atom is -0.497 e. The SMILES string of the molecule is COc1ccc(C(=O)c2ccc(Oc3ccc(C)cc3)cc2)cc1.COc1ccc(C(=O)c2ccc(Oc3cccc(C)c3)cc2)cc1.COc1ccc(C(=O)c2ccc(Oc3ccccc3C)cc2)cc1. The summed E-state index contributed by atoms with van der Waals surface area (Å²) < 4.78 is 32.8. The highest BCUT2D eigenvalue weighted by molar-refractivity contribution is 6.10. The Bertz CT molecular complexity index is 3180. The van der Waals surface area contributed by atoms with E-state index < -0.39 is 0 Å². The van der Waals surface area contributed by atoms with E-state index in [4.69, 9.17) is 28.4 Å². The van der Waals surface area contributed by atoms with Crippen LogP contribution in [0.3, 0.4) is 0 Å². The van der Waals surface area contributed by atoms with E-state index in [1.165, 1.54) is 5.56 Å². The van der Waals surface area contributed by atoms with Gasteiger partial charge in [0.1, 0.15) is 51.7 Å². The van der Waals surface area contributed by atoms with E-state index in [-0.39, 0.29) is 17.3 Å². The first-order valence-electron chi connectivity index (χ1n) is 23.1. The molecule has 0 saturated heterocycles. The van der Waals surface area contributed by atoms with E-state index in [0.717, 1.165) is 45.6 Å². The molecule has 9 rings (SSSR count). The monoisotopic (exact) mass is 954 g/mol. The molecule has 360 valence electrons. The smallest absolute Gasteiger partial charge is 0.193 e. The van der Waals surface area contributed by atoms with Gasteiger partial charge in [-0.3, -0.25) is 14.4 Å². The van der Waals surface area contributed by atoms with Gasteiger partial charge in [0.2, 0.25) is 0 Å². The van der Waals surface area contributed by atoms with Crippen LogP contribution in [0.4, 0.5) is 0 Å². The number of hydrogen-bond donors (Lipinski definition) is 0. The highest BCUT2D eigenvalue weighted by Gasteiger charge is 2.13. The number of aryl methyl sites for hydroxylation is 3. The van der Waals surface area contributed by atoms with Crippen molar-refractivity contribution in [2.45, 2.75) is 20.8 Å². The third-order valence-electron chi connectivity index (χ3n) is 11.2. The molecule has 9 aromatic rings. The van der Waals surface area contributed by atoms with Gasteiger partial charge in [0.15, 0.2) is 17.3 Å². The van der Waals surface area contributed by atoms with Crippen LogP contribution in [-0.4, -0.2) is 38.7 Å². The van der Waals surface area contributed by atoms with E-state index in [2.05, 4.69) is 0 Å². The summed E-state index contributed by atoms with van der Waals surface area (Å²) in [4.78, 5) is 37.4. The molecule has 0 unspecified atom stereocenters. The summed E-state index contributed by atoms with van der Waals surface area (Å²) in [6, 6.07) is 66.2. The number of benzene rings is 9. The number of rotatable bonds is 15. The van der Waals surface area contributed by atoms with Crippen molar-refractivity contribution in [3.05, 3.63) is 268 Å². The van der Waals surface area contributed by atoms with Gasteiger partial charge in [-0.25, -0.2) is 0 Å². The molecule has 0 atom stereocenters. The first-order valence-corrected chi connectivity index (χ1v) is 23.1. The molecule has 9 aromatic carbocycles. The molecule has 72 heavy (non-hydrogen) atoms. The molecule has 0 amide bonds. The first kappa shape index (κ1) is 50.7. The maximum absolute atomic E-state index is 12.5. The van der Waals surface area contributed by atoms with E-state index in [0.29, 0.717) is 50.6 Å². The predicted molar refractivity (Wildman–Crippen MR) is 282 cm³/mol. The van der Waals surface area contributed by atoms with Crippen LogP contribution in [0.15, 0.2) is 218 Å². The average Bonchev–Trinajstić information content (AvgIpc) is 3.42. The Morgan fingerprint density at radius 1 is 0.278 bits per heavy atom. The molecule has 0 heterocycles. The largest absolute Gasteiger partial charge is 0.497 e. The van der Waals surface area contributed by atoms with E-state index in [1.54, 1.807) is 155 Å². The van der Waals surface area contributed by atoms with Crippen molar-refractivity contribution in [1.29, 1.82) is 0 Å². The summed E-state index contributed by atoms with van der Waals surface area (Å²) in [5, 5.41) is 0. The number of ether oxygens (including phenoxy) is 6. The van der Waals surface area contributed by atoms with Gasteiger partial charge < -0.3 is 28.4 Å². The molecule has 0 bridgehead atoms. The third kappa shape index (κ3) is 14.2. The molecule has 0 aliphatic carbocycles. The fourth-order valence-electron chi connectivity index (χ4n) is 7.11. The van der Waals surface area contributed by atoms with Gasteiger partial charge in [-0.05, 0) is 208 Å². The highest BCUT2D eigenvalue weighted by atomic mass is 16.5. The highest BCUT2D eigenvalue weighted by Crippen LogP contribution is 2.28. The summed E-state index contributed by atoms with van der Waals surface area (Å²) in [6.45, 7) is 6.05. The lowest BCUT2D eigenvalue weighted by atomic mass is 10.0. The topological polar surface area (TPSA) is 107 Å². The van der Waals surface area contributed by atoms with Gasteiger partial charge in [0.05, 0.1) is 21.3 Å². The molecule has 0 aliphatic heterocycles. The first-order chi connectivity index (χ1) is 35.0. The number of carbonyl (C=O) groups is 3. The van der Waals surface area contributed by atoms with Gasteiger partial charge in [-0.1, -0.05) is 48.0 Å². The lowest BCUT2D eigenvalue weighted by Crippen LogP contribution is -2.01. The molecular weight excluding hydrogens is 901 g/mol. The zero-order valence-electron chi connectivity index (χ0n) is 41.0. The summed E-state index contributed by atoms with van der Waals surface area (Å²) in [5.74, 6) is 6.58. The zero-order chi connectivity index (χ0) is 50.8. The fourth-order valence-corrected chi connectivity index (χ4v) is 7.11. The molecule has 0 aliphatic rings. The van der Waals surface area contributed by atoms with Gasteiger partial charge in [0, 0.05) is 33.4 Å². The molecule has 0 radical (unpaired) electrons.